The molecule has 1 aliphatic heterocycles. The normalized spacial score (nSPS) is 17.9. The highest BCUT2D eigenvalue weighted by molar-refractivity contribution is 14.0. The molecule has 1 amide bonds. The molecule has 6 nitrogen and oxygen atoms in total. The number of nitrogens with one attached hydrogen (secondary N) is 1. The summed E-state index contributed by atoms with van der Waals surface area (Å²) in [5.41, 5.74) is -0.212. The van der Waals surface area contributed by atoms with Crippen LogP contribution < -0.4 is 5.32 Å². The van der Waals surface area contributed by atoms with Crippen LogP contribution in [0.15, 0.2) is 16.6 Å². The van der Waals surface area contributed by atoms with Gasteiger partial charge in [-0.3, -0.25) is 9.79 Å². The van der Waals surface area contributed by atoms with Crippen LogP contribution in [0.25, 0.3) is 0 Å². The first-order valence-electron chi connectivity index (χ1n) is 8.01. The maximum atomic E-state index is 12.5. The van der Waals surface area contributed by atoms with E-state index in [0.717, 1.165) is 30.5 Å². The molecule has 8 heteroatoms. The van der Waals surface area contributed by atoms with Gasteiger partial charge >= 0.3 is 0 Å². The van der Waals surface area contributed by atoms with Crippen LogP contribution in [0.2, 0.25) is 0 Å². The summed E-state index contributed by atoms with van der Waals surface area (Å²) in [6.07, 6.45) is 2.68. The molecule has 1 aromatic heterocycles. The fourth-order valence-electron chi connectivity index (χ4n) is 3.30. The zero-order chi connectivity index (χ0) is 17.0. The number of aliphatic imine (C=N–C) groups is 1. The largest absolute Gasteiger partial charge is 0.356 e. The molecule has 2 heterocycles. The van der Waals surface area contributed by atoms with E-state index < -0.39 is 0 Å². The predicted molar refractivity (Wildman–Crippen MR) is 110 cm³/mol. The Labute approximate surface area is 165 Å². The molecule has 2 rings (SSSR count). The van der Waals surface area contributed by atoms with Crippen molar-refractivity contribution in [2.24, 2.45) is 4.99 Å². The second-order valence-corrected chi connectivity index (χ2v) is 7.65. The Hall–Kier alpha value is -0.900. The Balaban J connectivity index is 0.00000288. The third-order valence-electron chi connectivity index (χ3n) is 3.96. The van der Waals surface area contributed by atoms with Crippen LogP contribution in [0.5, 0.6) is 0 Å². The lowest BCUT2D eigenvalue weighted by Gasteiger charge is -2.49. The van der Waals surface area contributed by atoms with Crippen molar-refractivity contribution in [1.29, 1.82) is 0 Å². The Morgan fingerprint density at radius 1 is 1.50 bits per heavy atom. The Bertz CT molecular complexity index is 559. The quantitative estimate of drug-likeness (QED) is 0.421. The summed E-state index contributed by atoms with van der Waals surface area (Å²) >= 11 is 1.66. The topological polar surface area (TPSA) is 60.8 Å². The van der Waals surface area contributed by atoms with Gasteiger partial charge in [0, 0.05) is 44.2 Å². The highest BCUT2D eigenvalue weighted by Crippen LogP contribution is 2.24. The van der Waals surface area contributed by atoms with Crippen molar-refractivity contribution in [3.05, 3.63) is 16.6 Å². The van der Waals surface area contributed by atoms with Gasteiger partial charge in [-0.15, -0.1) is 35.3 Å². The Kier molecular flexibility index (Phi) is 7.91. The summed E-state index contributed by atoms with van der Waals surface area (Å²) in [7, 11) is 1.76. The first kappa shape index (κ1) is 21.1. The van der Waals surface area contributed by atoms with Crippen molar-refractivity contribution >= 4 is 47.2 Å². The van der Waals surface area contributed by atoms with E-state index in [1.807, 2.05) is 21.4 Å². The lowest BCUT2D eigenvalue weighted by Crippen LogP contribution is -2.66. The molecule has 0 saturated carbocycles. The van der Waals surface area contributed by atoms with E-state index in [-0.39, 0.29) is 41.5 Å². The molecule has 1 N–H and O–H groups in total. The monoisotopic (exact) mass is 465 g/mol. The van der Waals surface area contributed by atoms with Crippen LogP contribution in [0.3, 0.4) is 0 Å². The lowest BCUT2D eigenvalue weighted by molar-refractivity contribution is -0.145. The molecule has 1 aromatic rings. The number of hydrogen-bond donors (Lipinski definition) is 1. The molecule has 0 aromatic carbocycles. The van der Waals surface area contributed by atoms with Crippen molar-refractivity contribution in [2.45, 2.75) is 45.7 Å². The van der Waals surface area contributed by atoms with Gasteiger partial charge in [0.15, 0.2) is 5.96 Å². The molecule has 1 saturated heterocycles. The number of amides is 1. The minimum Gasteiger partial charge on any atom is -0.356 e. The van der Waals surface area contributed by atoms with Crippen LogP contribution in [-0.2, 0) is 11.2 Å². The minimum atomic E-state index is -0.212. The lowest BCUT2D eigenvalue weighted by atomic mass is 9.96. The number of rotatable bonds is 4. The molecule has 136 valence electrons. The standard InChI is InChI=1S/C16H27N5OS.HI/c1-12(2)21-14(22)10-20(11-16(21,3)4)15(17-5)19-7-6-13-18-8-9-23-13;/h8-9,12H,6-7,10-11H2,1-5H3,(H,17,19);1H. The molecule has 0 atom stereocenters. The number of halogens is 1. The van der Waals surface area contributed by atoms with Gasteiger partial charge in [-0.25, -0.2) is 4.98 Å². The zero-order valence-electron chi connectivity index (χ0n) is 15.1. The van der Waals surface area contributed by atoms with Gasteiger partial charge in [0.2, 0.25) is 5.91 Å². The molecule has 0 aliphatic carbocycles. The van der Waals surface area contributed by atoms with Crippen molar-refractivity contribution in [2.75, 3.05) is 26.7 Å². The number of thiazole rings is 1. The SMILES string of the molecule is CN=C(NCCc1nccs1)N1CC(=O)N(C(C)C)C(C)(C)C1.I. The molecule has 0 spiro atoms. The highest BCUT2D eigenvalue weighted by atomic mass is 127. The summed E-state index contributed by atoms with van der Waals surface area (Å²) in [4.78, 5) is 25.2. The predicted octanol–water partition coefficient (Wildman–Crippen LogP) is 2.21. The molecule has 24 heavy (non-hydrogen) atoms. The number of carbonyl (C=O) groups is 1. The summed E-state index contributed by atoms with van der Waals surface area (Å²) in [6.45, 7) is 10.3. The van der Waals surface area contributed by atoms with Crippen LogP contribution in [0.1, 0.15) is 32.7 Å². The van der Waals surface area contributed by atoms with Gasteiger partial charge in [0.25, 0.3) is 0 Å². The average molecular weight is 465 g/mol. The van der Waals surface area contributed by atoms with Crippen LogP contribution in [0.4, 0.5) is 0 Å². The molecule has 0 radical (unpaired) electrons. The average Bonchev–Trinajstić information content (AvgIpc) is 2.94. The van der Waals surface area contributed by atoms with E-state index in [2.05, 4.69) is 43.0 Å². The van der Waals surface area contributed by atoms with Crippen molar-refractivity contribution in [3.8, 4) is 0 Å². The van der Waals surface area contributed by atoms with E-state index in [0.29, 0.717) is 6.54 Å². The Morgan fingerprint density at radius 3 is 2.71 bits per heavy atom. The van der Waals surface area contributed by atoms with Gasteiger partial charge in [0.1, 0.15) is 0 Å². The van der Waals surface area contributed by atoms with E-state index in [1.54, 1.807) is 18.4 Å². The summed E-state index contributed by atoms with van der Waals surface area (Å²) in [6, 6.07) is 0.208. The fourth-order valence-corrected chi connectivity index (χ4v) is 3.92. The number of guanidine groups is 1. The number of piperazine rings is 1. The second-order valence-electron chi connectivity index (χ2n) is 6.68. The van der Waals surface area contributed by atoms with E-state index in [4.69, 9.17) is 0 Å². The summed E-state index contributed by atoms with van der Waals surface area (Å²) in [5, 5.41) is 6.44. The van der Waals surface area contributed by atoms with Gasteiger partial charge < -0.3 is 15.1 Å². The highest BCUT2D eigenvalue weighted by Gasteiger charge is 2.40. The molecular formula is C16H28IN5OS. The number of hydrogen-bond acceptors (Lipinski definition) is 4. The van der Waals surface area contributed by atoms with Crippen molar-refractivity contribution in [1.82, 2.24) is 20.1 Å². The maximum absolute atomic E-state index is 12.5. The molecular weight excluding hydrogens is 437 g/mol. The Morgan fingerprint density at radius 2 is 2.21 bits per heavy atom. The fraction of sp³-hybridized carbons (Fsp3) is 0.688. The van der Waals surface area contributed by atoms with Gasteiger partial charge in [0.05, 0.1) is 17.1 Å². The van der Waals surface area contributed by atoms with Crippen molar-refractivity contribution < 1.29 is 4.79 Å². The number of aromatic nitrogens is 1. The molecule has 0 bridgehead atoms. The first-order chi connectivity index (χ1) is 10.8. The summed E-state index contributed by atoms with van der Waals surface area (Å²) < 4.78 is 0. The minimum absolute atomic E-state index is 0. The van der Waals surface area contributed by atoms with Crippen LogP contribution >= 0.6 is 35.3 Å². The second kappa shape index (κ2) is 8.98. The molecule has 1 fully saturated rings. The maximum Gasteiger partial charge on any atom is 0.242 e. The van der Waals surface area contributed by atoms with E-state index in [1.165, 1.54) is 0 Å². The van der Waals surface area contributed by atoms with E-state index in [9.17, 15) is 4.79 Å². The van der Waals surface area contributed by atoms with Crippen LogP contribution in [0, 0.1) is 0 Å². The third-order valence-corrected chi connectivity index (χ3v) is 4.80. The zero-order valence-corrected chi connectivity index (χ0v) is 18.2. The smallest absolute Gasteiger partial charge is 0.242 e. The summed E-state index contributed by atoms with van der Waals surface area (Å²) in [5.74, 6) is 0.936. The van der Waals surface area contributed by atoms with E-state index >= 15 is 0 Å². The van der Waals surface area contributed by atoms with Crippen LogP contribution in [-0.4, -0.2) is 64.9 Å². The molecule has 1 aliphatic rings. The van der Waals surface area contributed by atoms with Gasteiger partial charge in [-0.05, 0) is 27.7 Å². The van der Waals surface area contributed by atoms with Gasteiger partial charge in [-0.2, -0.15) is 0 Å². The third kappa shape index (κ3) is 5.05. The van der Waals surface area contributed by atoms with Crippen molar-refractivity contribution in [3.63, 3.8) is 0 Å². The number of nitrogens with zero attached hydrogens (tertiary/aromatic N) is 4. The molecule has 0 unspecified atom stereocenters. The van der Waals surface area contributed by atoms with Gasteiger partial charge in [-0.1, -0.05) is 0 Å². The number of carbonyl (C=O) groups excluding carboxylic acids is 1. The first-order valence-corrected chi connectivity index (χ1v) is 8.89.